The van der Waals surface area contributed by atoms with Gasteiger partial charge < -0.3 is 5.73 Å². The second kappa shape index (κ2) is 5.80. The highest BCUT2D eigenvalue weighted by Gasteiger charge is 2.22. The molecule has 1 aromatic carbocycles. The molecule has 0 aliphatic rings. The van der Waals surface area contributed by atoms with Gasteiger partial charge in [-0.25, -0.2) is 12.8 Å². The van der Waals surface area contributed by atoms with Crippen molar-refractivity contribution < 1.29 is 12.8 Å². The van der Waals surface area contributed by atoms with E-state index in [0.29, 0.717) is 0 Å². The van der Waals surface area contributed by atoms with Crippen molar-refractivity contribution in [2.45, 2.75) is 11.4 Å². The fourth-order valence-electron chi connectivity index (χ4n) is 1.59. The lowest BCUT2D eigenvalue weighted by molar-refractivity contribution is 0.469. The van der Waals surface area contributed by atoms with Crippen LogP contribution in [0.5, 0.6) is 0 Å². The molecule has 0 aliphatic heterocycles. The van der Waals surface area contributed by atoms with E-state index in [0.717, 1.165) is 15.4 Å². The Morgan fingerprint density at radius 2 is 2.10 bits per heavy atom. The van der Waals surface area contributed by atoms with Gasteiger partial charge in [-0.3, -0.25) is 0 Å². The fourth-order valence-corrected chi connectivity index (χ4v) is 4.34. The summed E-state index contributed by atoms with van der Waals surface area (Å²) in [6.45, 7) is 0.227. The van der Waals surface area contributed by atoms with E-state index in [9.17, 15) is 12.8 Å². The first-order valence-corrected chi connectivity index (χ1v) is 8.66. The average molecular weight is 379 g/mol. The molecule has 0 amide bonds. The van der Waals surface area contributed by atoms with Crippen molar-refractivity contribution in [3.05, 3.63) is 44.8 Å². The number of hydrogen-bond donors (Lipinski definition) is 1. The standard InChI is InChI=1S/C12H12BrFN2O2S2/c1-16(6-9-4-8(13)7-19-9)20(17,18)10-2-3-12(15)11(14)5-10/h2-5,7H,6,15H2,1H3. The zero-order valence-electron chi connectivity index (χ0n) is 10.5. The van der Waals surface area contributed by atoms with Crippen LogP contribution in [0.3, 0.4) is 0 Å². The lowest BCUT2D eigenvalue weighted by Crippen LogP contribution is -2.26. The third kappa shape index (κ3) is 3.20. The van der Waals surface area contributed by atoms with Gasteiger partial charge in [0.25, 0.3) is 0 Å². The van der Waals surface area contributed by atoms with E-state index in [2.05, 4.69) is 15.9 Å². The van der Waals surface area contributed by atoms with E-state index in [1.165, 1.54) is 34.8 Å². The van der Waals surface area contributed by atoms with Crippen LogP contribution in [0.25, 0.3) is 0 Å². The van der Waals surface area contributed by atoms with Crippen molar-refractivity contribution >= 4 is 43.0 Å². The Balaban J connectivity index is 2.27. The van der Waals surface area contributed by atoms with Gasteiger partial charge in [0.05, 0.1) is 10.6 Å². The highest BCUT2D eigenvalue weighted by atomic mass is 79.9. The summed E-state index contributed by atoms with van der Waals surface area (Å²) in [5.41, 5.74) is 5.27. The Morgan fingerprint density at radius 1 is 1.40 bits per heavy atom. The van der Waals surface area contributed by atoms with Crippen molar-refractivity contribution in [3.63, 3.8) is 0 Å². The van der Waals surface area contributed by atoms with Crippen LogP contribution in [0.15, 0.2) is 39.0 Å². The smallest absolute Gasteiger partial charge is 0.243 e. The molecule has 2 rings (SSSR count). The third-order valence-electron chi connectivity index (χ3n) is 2.68. The Hall–Kier alpha value is -0.960. The molecule has 0 spiro atoms. The molecular formula is C12H12BrFN2O2S2. The monoisotopic (exact) mass is 378 g/mol. The molecule has 2 aromatic rings. The molecule has 0 saturated heterocycles. The summed E-state index contributed by atoms with van der Waals surface area (Å²) in [6, 6.07) is 5.33. The minimum atomic E-state index is -3.74. The fraction of sp³-hybridized carbons (Fsp3) is 0.167. The molecule has 108 valence electrons. The Morgan fingerprint density at radius 3 is 2.65 bits per heavy atom. The Kier molecular flexibility index (Phi) is 4.48. The topological polar surface area (TPSA) is 63.4 Å². The number of hydrogen-bond acceptors (Lipinski definition) is 4. The molecule has 1 heterocycles. The van der Waals surface area contributed by atoms with Crippen molar-refractivity contribution in [1.29, 1.82) is 0 Å². The van der Waals surface area contributed by atoms with Crippen LogP contribution >= 0.6 is 27.3 Å². The molecule has 1 aromatic heterocycles. The first-order valence-electron chi connectivity index (χ1n) is 5.55. The van der Waals surface area contributed by atoms with E-state index >= 15 is 0 Å². The zero-order chi connectivity index (χ0) is 14.9. The summed E-state index contributed by atoms with van der Waals surface area (Å²) >= 11 is 4.76. The first kappa shape index (κ1) is 15.4. The van der Waals surface area contributed by atoms with E-state index in [1.807, 2.05) is 11.4 Å². The number of thiophene rings is 1. The van der Waals surface area contributed by atoms with Crippen LogP contribution in [0.1, 0.15) is 4.88 Å². The number of anilines is 1. The number of rotatable bonds is 4. The van der Waals surface area contributed by atoms with Gasteiger partial charge in [-0.2, -0.15) is 4.31 Å². The zero-order valence-corrected chi connectivity index (χ0v) is 13.7. The maximum atomic E-state index is 13.4. The number of sulfonamides is 1. The number of nitrogens with two attached hydrogens (primary N) is 1. The van der Waals surface area contributed by atoms with Gasteiger partial charge in [0.2, 0.25) is 10.0 Å². The minimum Gasteiger partial charge on any atom is -0.396 e. The van der Waals surface area contributed by atoms with Crippen LogP contribution in [0.2, 0.25) is 0 Å². The highest BCUT2D eigenvalue weighted by molar-refractivity contribution is 9.10. The largest absolute Gasteiger partial charge is 0.396 e. The van der Waals surface area contributed by atoms with Crippen molar-refractivity contribution in [1.82, 2.24) is 4.31 Å². The van der Waals surface area contributed by atoms with Gasteiger partial charge in [0.15, 0.2) is 0 Å². The maximum absolute atomic E-state index is 13.4. The van der Waals surface area contributed by atoms with Gasteiger partial charge in [-0.05, 0) is 40.2 Å². The molecule has 4 nitrogen and oxygen atoms in total. The number of benzene rings is 1. The summed E-state index contributed by atoms with van der Waals surface area (Å²) in [6.07, 6.45) is 0. The molecule has 0 atom stereocenters. The van der Waals surface area contributed by atoms with Crippen molar-refractivity contribution in [2.75, 3.05) is 12.8 Å². The van der Waals surface area contributed by atoms with Crippen molar-refractivity contribution in [2.24, 2.45) is 0 Å². The lowest BCUT2D eigenvalue weighted by Gasteiger charge is -2.16. The van der Waals surface area contributed by atoms with E-state index in [1.54, 1.807) is 0 Å². The quantitative estimate of drug-likeness (QED) is 0.831. The SMILES string of the molecule is CN(Cc1cc(Br)cs1)S(=O)(=O)c1ccc(N)c(F)c1. The van der Waals surface area contributed by atoms with Gasteiger partial charge in [-0.1, -0.05) is 0 Å². The summed E-state index contributed by atoms with van der Waals surface area (Å²) < 4.78 is 40.1. The molecule has 0 aliphatic carbocycles. The van der Waals surface area contributed by atoms with Crippen LogP contribution in [0.4, 0.5) is 10.1 Å². The van der Waals surface area contributed by atoms with Crippen LogP contribution in [-0.4, -0.2) is 19.8 Å². The molecule has 0 bridgehead atoms. The molecule has 0 saturated carbocycles. The predicted octanol–water partition coefficient (Wildman–Crippen LogP) is 3.05. The van der Waals surface area contributed by atoms with E-state index < -0.39 is 15.8 Å². The van der Waals surface area contributed by atoms with Gasteiger partial charge in [0, 0.05) is 28.3 Å². The average Bonchev–Trinajstić information content (AvgIpc) is 2.78. The second-order valence-electron chi connectivity index (χ2n) is 4.18. The number of halogens is 2. The number of nitrogens with zero attached hydrogens (tertiary/aromatic N) is 1. The maximum Gasteiger partial charge on any atom is 0.243 e. The van der Waals surface area contributed by atoms with Gasteiger partial charge >= 0.3 is 0 Å². The van der Waals surface area contributed by atoms with Gasteiger partial charge in [-0.15, -0.1) is 11.3 Å². The molecule has 2 N–H and O–H groups in total. The Bertz CT molecular complexity index is 731. The number of nitrogen functional groups attached to an aromatic ring is 1. The minimum absolute atomic E-state index is 0.0752. The van der Waals surface area contributed by atoms with Crippen LogP contribution in [-0.2, 0) is 16.6 Å². The third-order valence-corrected chi connectivity index (χ3v) is 6.16. The van der Waals surface area contributed by atoms with Crippen LogP contribution in [0, 0.1) is 5.82 Å². The normalized spacial score (nSPS) is 12.0. The summed E-state index contributed by atoms with van der Waals surface area (Å²) in [7, 11) is -2.28. The first-order chi connectivity index (χ1) is 9.30. The van der Waals surface area contributed by atoms with Gasteiger partial charge in [0.1, 0.15) is 5.82 Å². The molecule has 20 heavy (non-hydrogen) atoms. The lowest BCUT2D eigenvalue weighted by atomic mass is 10.3. The molecule has 0 unspecified atom stereocenters. The summed E-state index contributed by atoms with van der Waals surface area (Å²) in [4.78, 5) is 0.779. The molecule has 8 heteroatoms. The van der Waals surface area contributed by atoms with Crippen LogP contribution < -0.4 is 5.73 Å². The van der Waals surface area contributed by atoms with E-state index in [4.69, 9.17) is 5.73 Å². The summed E-state index contributed by atoms with van der Waals surface area (Å²) in [5.74, 6) is -0.738. The molecule has 0 fully saturated rings. The molecular weight excluding hydrogens is 367 g/mol. The highest BCUT2D eigenvalue weighted by Crippen LogP contribution is 2.24. The Labute approximate surface area is 129 Å². The summed E-state index contributed by atoms with van der Waals surface area (Å²) in [5, 5.41) is 1.87. The van der Waals surface area contributed by atoms with Crippen molar-refractivity contribution in [3.8, 4) is 0 Å². The molecule has 0 radical (unpaired) electrons. The second-order valence-corrected chi connectivity index (χ2v) is 8.13. The van der Waals surface area contributed by atoms with E-state index in [-0.39, 0.29) is 17.1 Å². The predicted molar refractivity (Wildman–Crippen MR) is 81.5 cm³/mol.